The summed E-state index contributed by atoms with van der Waals surface area (Å²) in [5, 5.41) is 7.65. The lowest BCUT2D eigenvalue weighted by molar-refractivity contribution is -0.0525. The average molecular weight is 363 g/mol. The maximum Gasteiger partial charge on any atom is 0.534 e. The molecule has 0 saturated carbocycles. The largest absolute Gasteiger partial charge is 0.534 e. The van der Waals surface area contributed by atoms with E-state index in [0.717, 1.165) is 6.20 Å². The molecule has 1 aromatic carbocycles. The summed E-state index contributed by atoms with van der Waals surface area (Å²) < 4.78 is 65.9. The summed E-state index contributed by atoms with van der Waals surface area (Å²) in [6, 6.07) is 6.75. The van der Waals surface area contributed by atoms with Crippen LogP contribution in [0, 0.1) is 5.41 Å². The van der Waals surface area contributed by atoms with Gasteiger partial charge in [-0.05, 0) is 17.5 Å². The Labute approximate surface area is 137 Å². The Morgan fingerprint density at radius 3 is 2.46 bits per heavy atom. The van der Waals surface area contributed by atoms with Crippen molar-refractivity contribution in [1.82, 2.24) is 15.0 Å². The van der Waals surface area contributed by atoms with Crippen molar-refractivity contribution in [2.24, 2.45) is 5.41 Å². The second kappa shape index (κ2) is 6.08. The number of benzene rings is 1. The van der Waals surface area contributed by atoms with Crippen LogP contribution in [0.15, 0.2) is 30.0 Å². The Balaban J connectivity index is 2.47. The van der Waals surface area contributed by atoms with Gasteiger partial charge in [-0.3, -0.25) is 0 Å². The summed E-state index contributed by atoms with van der Waals surface area (Å²) in [5.41, 5.74) is -4.99. The van der Waals surface area contributed by atoms with Gasteiger partial charge in [0.05, 0.1) is 11.7 Å². The molecule has 0 fully saturated rings. The van der Waals surface area contributed by atoms with Gasteiger partial charge in [0.1, 0.15) is 11.3 Å². The number of fused-ring (bicyclic) bond motifs is 1. The number of halogens is 3. The summed E-state index contributed by atoms with van der Waals surface area (Å²) in [7, 11) is -5.76. The summed E-state index contributed by atoms with van der Waals surface area (Å²) in [6.07, 6.45) is 1.06. The molecule has 0 unspecified atom stereocenters. The number of alkyl halides is 3. The highest BCUT2D eigenvalue weighted by molar-refractivity contribution is 7.87. The molecule has 0 bridgehead atoms. The van der Waals surface area contributed by atoms with Crippen LogP contribution in [0.1, 0.15) is 27.2 Å². The molecule has 0 N–H and O–H groups in total. The Kier molecular flexibility index (Phi) is 4.62. The van der Waals surface area contributed by atoms with Gasteiger partial charge in [0.25, 0.3) is 0 Å². The van der Waals surface area contributed by atoms with Crippen LogP contribution in [0.4, 0.5) is 13.2 Å². The smallest absolute Gasteiger partial charge is 0.379 e. The van der Waals surface area contributed by atoms with Crippen molar-refractivity contribution in [2.75, 3.05) is 0 Å². The molecule has 24 heavy (non-hydrogen) atoms. The zero-order valence-electron chi connectivity index (χ0n) is 13.2. The number of allylic oxidation sites excluding steroid dienone is 1. The fourth-order valence-corrected chi connectivity index (χ4v) is 2.40. The molecule has 0 atom stereocenters. The minimum absolute atomic E-state index is 0.0451. The Hall–Kier alpha value is -2.10. The molecule has 6 nitrogen and oxygen atoms in total. The van der Waals surface area contributed by atoms with E-state index in [2.05, 4.69) is 14.5 Å². The van der Waals surface area contributed by atoms with Crippen molar-refractivity contribution < 1.29 is 25.8 Å². The maximum absolute atomic E-state index is 12.6. The van der Waals surface area contributed by atoms with Crippen molar-refractivity contribution in [1.29, 1.82) is 0 Å². The van der Waals surface area contributed by atoms with E-state index in [1.165, 1.54) is 4.68 Å². The zero-order valence-corrected chi connectivity index (χ0v) is 14.0. The van der Waals surface area contributed by atoms with Crippen molar-refractivity contribution >= 4 is 27.4 Å². The van der Waals surface area contributed by atoms with Crippen molar-refractivity contribution in [3.63, 3.8) is 0 Å². The minimum Gasteiger partial charge on any atom is -0.379 e. The summed E-state index contributed by atoms with van der Waals surface area (Å²) in [6.45, 7) is 5.22. The van der Waals surface area contributed by atoms with Crippen molar-refractivity contribution in [3.05, 3.63) is 30.0 Å². The molecule has 1 aromatic heterocycles. The van der Waals surface area contributed by atoms with Crippen molar-refractivity contribution in [2.45, 2.75) is 32.7 Å². The highest BCUT2D eigenvalue weighted by atomic mass is 32.2. The first-order valence-electron chi connectivity index (χ1n) is 6.90. The predicted octanol–water partition coefficient (Wildman–Crippen LogP) is 3.53. The SMILES string of the molecule is CC(C)(C)C/C(=C/n1nnc2ccccc21)OS(=O)(=O)C(F)(F)F. The standard InChI is InChI=1S/C14H16F3N3O3S/c1-13(2,3)8-10(23-24(21,22)14(15,16)17)9-20-12-7-5-4-6-11(12)18-19-20/h4-7,9H,8H2,1-3H3/b10-9-. The lowest BCUT2D eigenvalue weighted by Gasteiger charge is -2.20. The van der Waals surface area contributed by atoms with Crippen molar-refractivity contribution in [3.8, 4) is 0 Å². The summed E-state index contributed by atoms with van der Waals surface area (Å²) in [5.74, 6) is -0.379. The van der Waals surface area contributed by atoms with Gasteiger partial charge >= 0.3 is 15.6 Å². The first kappa shape index (κ1) is 18.2. The molecule has 0 aliphatic heterocycles. The van der Waals surface area contributed by atoms with Gasteiger partial charge in [-0.1, -0.05) is 38.1 Å². The minimum atomic E-state index is -5.76. The van der Waals surface area contributed by atoms with E-state index < -0.39 is 21.0 Å². The first-order valence-corrected chi connectivity index (χ1v) is 8.31. The van der Waals surface area contributed by atoms with E-state index in [1.54, 1.807) is 45.0 Å². The lowest BCUT2D eigenvalue weighted by atomic mass is 9.91. The maximum atomic E-state index is 12.6. The number of rotatable bonds is 4. The van der Waals surface area contributed by atoms with Crippen LogP contribution in [0.25, 0.3) is 17.2 Å². The summed E-state index contributed by atoms with van der Waals surface area (Å²) >= 11 is 0. The van der Waals surface area contributed by atoms with E-state index >= 15 is 0 Å². The third kappa shape index (κ3) is 4.25. The van der Waals surface area contributed by atoms with Crippen LogP contribution in [0.3, 0.4) is 0 Å². The fraction of sp³-hybridized carbons (Fsp3) is 0.429. The van der Waals surface area contributed by atoms with E-state index in [1.807, 2.05) is 0 Å². The zero-order chi connectivity index (χ0) is 18.2. The van der Waals surface area contributed by atoms with Gasteiger partial charge in [0.2, 0.25) is 0 Å². The molecule has 2 aromatic rings. The van der Waals surface area contributed by atoms with Gasteiger partial charge in [0, 0.05) is 6.42 Å². The monoisotopic (exact) mass is 363 g/mol. The molecule has 0 aliphatic carbocycles. The van der Waals surface area contributed by atoms with Gasteiger partial charge in [-0.25, -0.2) is 4.68 Å². The highest BCUT2D eigenvalue weighted by Crippen LogP contribution is 2.32. The predicted molar refractivity (Wildman–Crippen MR) is 81.9 cm³/mol. The summed E-state index contributed by atoms with van der Waals surface area (Å²) in [4.78, 5) is 0. The van der Waals surface area contributed by atoms with Crippen LogP contribution < -0.4 is 0 Å². The van der Waals surface area contributed by atoms with Gasteiger partial charge in [-0.15, -0.1) is 5.10 Å². The fourth-order valence-electron chi connectivity index (χ4n) is 1.93. The number of para-hydroxylation sites is 1. The molecular formula is C14H16F3N3O3S. The first-order chi connectivity index (χ1) is 10.9. The van der Waals surface area contributed by atoms with Crippen LogP contribution in [0.2, 0.25) is 0 Å². The molecule has 0 amide bonds. The molecule has 1 heterocycles. The van der Waals surface area contributed by atoms with Gasteiger partial charge < -0.3 is 4.18 Å². The molecule has 0 spiro atoms. The van der Waals surface area contributed by atoms with Gasteiger partial charge in [-0.2, -0.15) is 21.6 Å². The third-order valence-corrected chi connectivity index (χ3v) is 3.85. The van der Waals surface area contributed by atoms with E-state index in [0.29, 0.717) is 11.0 Å². The topological polar surface area (TPSA) is 74.1 Å². The second-order valence-electron chi connectivity index (χ2n) is 6.34. The Bertz CT molecular complexity index is 864. The highest BCUT2D eigenvalue weighted by Gasteiger charge is 2.49. The third-order valence-electron chi connectivity index (χ3n) is 2.85. The van der Waals surface area contributed by atoms with E-state index in [-0.39, 0.29) is 12.2 Å². The average Bonchev–Trinajstić information content (AvgIpc) is 2.78. The van der Waals surface area contributed by atoms with Crippen LogP contribution >= 0.6 is 0 Å². The van der Waals surface area contributed by atoms with Crippen LogP contribution in [-0.4, -0.2) is 28.9 Å². The van der Waals surface area contributed by atoms with Gasteiger partial charge in [0.15, 0.2) is 0 Å². The number of aromatic nitrogens is 3. The quantitative estimate of drug-likeness (QED) is 0.472. The Morgan fingerprint density at radius 1 is 1.25 bits per heavy atom. The van der Waals surface area contributed by atoms with E-state index in [4.69, 9.17) is 0 Å². The van der Waals surface area contributed by atoms with Crippen LogP contribution in [-0.2, 0) is 14.3 Å². The Morgan fingerprint density at radius 2 is 1.88 bits per heavy atom. The number of nitrogens with zero attached hydrogens (tertiary/aromatic N) is 3. The molecule has 2 rings (SSSR count). The second-order valence-corrected chi connectivity index (χ2v) is 7.88. The van der Waals surface area contributed by atoms with Crippen LogP contribution in [0.5, 0.6) is 0 Å². The molecule has 0 saturated heterocycles. The molecular weight excluding hydrogens is 347 g/mol. The van der Waals surface area contributed by atoms with E-state index in [9.17, 15) is 21.6 Å². The number of hydrogen-bond acceptors (Lipinski definition) is 5. The molecule has 0 aliphatic rings. The normalized spacial score (nSPS) is 14.2. The number of hydrogen-bond donors (Lipinski definition) is 0. The lowest BCUT2D eigenvalue weighted by Crippen LogP contribution is -2.26. The molecule has 132 valence electrons. The molecule has 10 heteroatoms. The molecule has 0 radical (unpaired) electrons.